The highest BCUT2D eigenvalue weighted by Gasteiger charge is 2.20. The van der Waals surface area contributed by atoms with E-state index in [2.05, 4.69) is 0 Å². The van der Waals surface area contributed by atoms with Gasteiger partial charge in [-0.2, -0.15) is 0 Å². The number of para-hydroxylation sites is 1. The van der Waals surface area contributed by atoms with Crippen LogP contribution in [0.15, 0.2) is 198 Å². The van der Waals surface area contributed by atoms with Crippen LogP contribution in [0.5, 0.6) is 0 Å². The van der Waals surface area contributed by atoms with Crippen molar-refractivity contribution in [3.8, 4) is 55.6 Å². The standard InChI is InChI=1S/C50H32O/c1-3-14-33(15-4-1)37-30-38(34-16-5-2-6-17-34)32-39(31-37)35-26-28-36(29-27-35)48-40-18-7-9-20-42(40)49(43-21-10-8-19-41(43)48)45-23-13-25-47-50(45)44-22-11-12-24-46(44)51-47/h1-32H/i1D,2D,3D,4D,5D,6D,7D,8D,9D,10D,11D,12D,13D,14D,15D,16D,17D,18D,19D,20D,21D,22D,23D,24D,25D,26D,27D,28D,29D,30D,31D,32D. The van der Waals surface area contributed by atoms with E-state index in [1.807, 2.05) is 0 Å². The SMILES string of the molecule is [2H]c1c([2H])c([2H])c(-c2c([2H])c(-c3c([2H])c([2H])c([2H])c([2H])c3[2H])c([2H])c(-c3c([2H])c([2H])c(-c4c5c([2H])c([2H])c([2H])c([2H])c5c(-c5c([2H])c([2H])c([2H])c6oc7c([2H])c([2H])c([2H])c([2H])c7c56)c5c([2H])c([2H])c([2H])c([2H])c45)c([2H])c3[2H])c2[2H])c([2H])c1[2H]. The number of hydrogen-bond donors (Lipinski definition) is 0. The number of furan rings is 1. The topological polar surface area (TPSA) is 13.1 Å². The molecule has 238 valence electrons. The van der Waals surface area contributed by atoms with Crippen LogP contribution in [0.2, 0.25) is 0 Å². The second kappa shape index (κ2) is 12.0. The minimum absolute atomic E-state index is 0.518. The average molecular weight is 681 g/mol. The monoisotopic (exact) mass is 680 g/mol. The summed E-state index contributed by atoms with van der Waals surface area (Å²) in [4.78, 5) is 0. The molecule has 1 nitrogen and oxygen atoms in total. The molecule has 0 fully saturated rings. The molecule has 0 amide bonds. The van der Waals surface area contributed by atoms with Crippen LogP contribution in [0.3, 0.4) is 0 Å². The highest BCUT2D eigenvalue weighted by atomic mass is 16.3. The molecule has 0 aliphatic carbocycles. The fourth-order valence-electron chi connectivity index (χ4n) is 5.83. The Bertz CT molecular complexity index is 4490. The highest BCUT2D eigenvalue weighted by molar-refractivity contribution is 6.25. The second-order valence-corrected chi connectivity index (χ2v) is 10.8. The first-order valence-electron chi connectivity index (χ1n) is 30.9. The van der Waals surface area contributed by atoms with Crippen molar-refractivity contribution in [2.75, 3.05) is 0 Å². The zero-order valence-corrected chi connectivity index (χ0v) is 25.4. The summed E-state index contributed by atoms with van der Waals surface area (Å²) >= 11 is 0. The predicted molar refractivity (Wildman–Crippen MR) is 216 cm³/mol. The van der Waals surface area contributed by atoms with Gasteiger partial charge in [0.15, 0.2) is 0 Å². The van der Waals surface area contributed by atoms with Gasteiger partial charge in [-0.3, -0.25) is 0 Å². The van der Waals surface area contributed by atoms with Crippen LogP contribution in [0.25, 0.3) is 99.1 Å². The van der Waals surface area contributed by atoms with Gasteiger partial charge in [0, 0.05) is 10.8 Å². The van der Waals surface area contributed by atoms with Crippen LogP contribution in [0, 0.1) is 0 Å². The van der Waals surface area contributed by atoms with Crippen LogP contribution in [0.4, 0.5) is 0 Å². The molecule has 51 heavy (non-hydrogen) atoms. The van der Waals surface area contributed by atoms with Gasteiger partial charge >= 0.3 is 0 Å². The first-order chi connectivity index (χ1) is 38.6. The quantitative estimate of drug-likeness (QED) is 0.165. The molecule has 0 unspecified atom stereocenters. The maximum atomic E-state index is 9.77. The lowest BCUT2D eigenvalue weighted by atomic mass is 9.84. The molecule has 0 saturated carbocycles. The maximum absolute atomic E-state index is 9.77. The molecule has 0 aliphatic heterocycles. The summed E-state index contributed by atoms with van der Waals surface area (Å²) in [6, 6.07) is -33.0. The molecule has 0 N–H and O–H groups in total. The van der Waals surface area contributed by atoms with E-state index in [4.69, 9.17) is 31.8 Å². The van der Waals surface area contributed by atoms with Gasteiger partial charge in [0.05, 0.1) is 43.9 Å². The van der Waals surface area contributed by atoms with Gasteiger partial charge in [0.2, 0.25) is 0 Å². The maximum Gasteiger partial charge on any atom is 0.136 e. The summed E-state index contributed by atoms with van der Waals surface area (Å²) in [5.41, 5.74) is -10.4. The van der Waals surface area contributed by atoms with Gasteiger partial charge in [-0.05, 0) is 107 Å². The smallest absolute Gasteiger partial charge is 0.136 e. The molecule has 0 saturated heterocycles. The predicted octanol–water partition coefficient (Wildman–Crippen LogP) is 14.2. The second-order valence-electron chi connectivity index (χ2n) is 10.8. The molecular weight excluding hydrogens is 617 g/mol. The van der Waals surface area contributed by atoms with Crippen LogP contribution in [-0.4, -0.2) is 0 Å². The fourth-order valence-corrected chi connectivity index (χ4v) is 5.83. The Labute approximate surface area is 341 Å². The zero-order valence-electron chi connectivity index (χ0n) is 57.4. The van der Waals surface area contributed by atoms with E-state index in [-0.39, 0.29) is 0 Å². The van der Waals surface area contributed by atoms with Crippen molar-refractivity contribution in [3.05, 3.63) is 193 Å². The minimum atomic E-state index is -1.26. The molecule has 1 heteroatoms. The molecule has 0 bridgehead atoms. The van der Waals surface area contributed by atoms with Crippen LogP contribution in [-0.2, 0) is 0 Å². The summed E-state index contributed by atoms with van der Waals surface area (Å²) in [7, 11) is 0. The Hall–Kier alpha value is -6.70. The first-order valence-corrected chi connectivity index (χ1v) is 14.9. The van der Waals surface area contributed by atoms with Crippen molar-refractivity contribution in [1.29, 1.82) is 0 Å². The average Bonchev–Trinajstić information content (AvgIpc) is 1.77. The molecule has 0 radical (unpaired) electrons. The first kappa shape index (κ1) is 11.4. The van der Waals surface area contributed by atoms with E-state index in [0.717, 1.165) is 0 Å². The summed E-state index contributed by atoms with van der Waals surface area (Å²) in [5, 5.41) is -4.28. The largest absolute Gasteiger partial charge is 0.456 e. The molecule has 0 atom stereocenters. The van der Waals surface area contributed by atoms with Gasteiger partial charge in [0.25, 0.3) is 0 Å². The minimum Gasteiger partial charge on any atom is -0.456 e. The molecular formula is C50H32O. The van der Waals surface area contributed by atoms with Gasteiger partial charge in [-0.1, -0.05) is 163 Å². The molecule has 1 aromatic heterocycles. The van der Waals surface area contributed by atoms with Crippen LogP contribution >= 0.6 is 0 Å². The van der Waals surface area contributed by atoms with Gasteiger partial charge in [-0.25, -0.2) is 0 Å². The summed E-state index contributed by atoms with van der Waals surface area (Å²) in [6.07, 6.45) is 0. The fraction of sp³-hybridized carbons (Fsp3) is 0. The molecule has 0 aliphatic rings. The Balaban J connectivity index is 1.46. The summed E-state index contributed by atoms with van der Waals surface area (Å²) < 4.78 is 294. The van der Waals surface area contributed by atoms with Crippen molar-refractivity contribution in [2.45, 2.75) is 0 Å². The summed E-state index contributed by atoms with van der Waals surface area (Å²) in [6.45, 7) is 0. The van der Waals surface area contributed by atoms with E-state index < -0.39 is 292 Å². The van der Waals surface area contributed by atoms with Crippen LogP contribution < -0.4 is 0 Å². The van der Waals surface area contributed by atoms with Crippen LogP contribution in [0.1, 0.15) is 43.9 Å². The van der Waals surface area contributed by atoms with Crippen molar-refractivity contribution in [1.82, 2.24) is 0 Å². The lowest BCUT2D eigenvalue weighted by Crippen LogP contribution is -1.91. The number of rotatable bonds is 5. The van der Waals surface area contributed by atoms with E-state index in [9.17, 15) is 16.4 Å². The summed E-state index contributed by atoms with van der Waals surface area (Å²) in [5.74, 6) is 0. The molecule has 1 heterocycles. The lowest BCUT2D eigenvalue weighted by molar-refractivity contribution is 0.669. The van der Waals surface area contributed by atoms with E-state index in [1.165, 1.54) is 0 Å². The van der Waals surface area contributed by atoms with Gasteiger partial charge in [-0.15, -0.1) is 0 Å². The molecule has 10 aromatic rings. The van der Waals surface area contributed by atoms with E-state index in [0.29, 0.717) is 0 Å². The van der Waals surface area contributed by atoms with E-state index in [1.54, 1.807) is 0 Å². The molecule has 0 spiro atoms. The van der Waals surface area contributed by atoms with Crippen molar-refractivity contribution >= 4 is 43.5 Å². The highest BCUT2D eigenvalue weighted by Crippen LogP contribution is 2.47. The molecule has 10 rings (SSSR count). The molecule has 9 aromatic carbocycles. The number of hydrogen-bond acceptors (Lipinski definition) is 1. The lowest BCUT2D eigenvalue weighted by Gasteiger charge is -2.18. The number of fused-ring (bicyclic) bond motifs is 5. The van der Waals surface area contributed by atoms with Crippen molar-refractivity contribution in [3.63, 3.8) is 0 Å². The Morgan fingerprint density at radius 3 is 1.25 bits per heavy atom. The Morgan fingerprint density at radius 1 is 0.294 bits per heavy atom. The zero-order chi connectivity index (χ0) is 61.6. The number of benzene rings is 9. The Kier molecular flexibility index (Phi) is 2.69. The van der Waals surface area contributed by atoms with Crippen molar-refractivity contribution < 1.29 is 48.3 Å². The third-order valence-electron chi connectivity index (χ3n) is 7.95. The van der Waals surface area contributed by atoms with Gasteiger partial charge in [0.1, 0.15) is 11.2 Å². The normalized spacial score (nSPS) is 20.3. The van der Waals surface area contributed by atoms with Gasteiger partial charge < -0.3 is 4.42 Å². The van der Waals surface area contributed by atoms with E-state index >= 15 is 0 Å². The Morgan fingerprint density at radius 2 is 0.706 bits per heavy atom. The third kappa shape index (κ3) is 4.94. The van der Waals surface area contributed by atoms with Crippen molar-refractivity contribution in [2.24, 2.45) is 0 Å². The third-order valence-corrected chi connectivity index (χ3v) is 7.95.